The Morgan fingerprint density at radius 3 is 2.59 bits per heavy atom. The molecule has 172 valence electrons. The van der Waals surface area contributed by atoms with Crippen LogP contribution in [0.1, 0.15) is 33.8 Å². The van der Waals surface area contributed by atoms with Crippen LogP contribution in [0.2, 0.25) is 5.02 Å². The highest BCUT2D eigenvalue weighted by Gasteiger charge is 2.41. The van der Waals surface area contributed by atoms with Crippen LogP contribution in [0.3, 0.4) is 0 Å². The van der Waals surface area contributed by atoms with E-state index in [1.807, 2.05) is 0 Å². The second-order valence-electron chi connectivity index (χ2n) is 7.69. The van der Waals surface area contributed by atoms with Crippen LogP contribution in [-0.4, -0.2) is 50.1 Å². The Hall–Kier alpha value is -2.58. The number of halogens is 4. The first-order valence-electron chi connectivity index (χ1n) is 10.2. The number of hydrogen-bond acceptors (Lipinski definition) is 3. The summed E-state index contributed by atoms with van der Waals surface area (Å²) in [5.41, 5.74) is -0.0476. The molecule has 1 fully saturated rings. The molecule has 1 heterocycles. The van der Waals surface area contributed by atoms with E-state index >= 15 is 0 Å². The largest absolute Gasteiger partial charge is 0.416 e. The molecule has 2 aromatic carbocycles. The van der Waals surface area contributed by atoms with Gasteiger partial charge in [-0.15, -0.1) is 0 Å². The summed E-state index contributed by atoms with van der Waals surface area (Å²) in [6.07, 6.45) is -3.89. The molecular weight excluding hydrogens is 445 g/mol. The van der Waals surface area contributed by atoms with E-state index in [9.17, 15) is 22.8 Å². The summed E-state index contributed by atoms with van der Waals surface area (Å²) in [5.74, 6) is -1.86. The molecule has 0 bridgehead atoms. The summed E-state index contributed by atoms with van der Waals surface area (Å²) in [6.45, 7) is 1.08. The molecule has 1 saturated heterocycles. The van der Waals surface area contributed by atoms with Crippen LogP contribution >= 0.6 is 11.6 Å². The molecule has 0 radical (unpaired) electrons. The van der Waals surface area contributed by atoms with Gasteiger partial charge in [0.25, 0.3) is 5.91 Å². The SMILES string of the molecule is COCCCNC(=O)C1CN(C(=O)c2cccc(Cl)c2)CC1c1cccc(C(F)(F)F)c1. The molecule has 1 aliphatic heterocycles. The summed E-state index contributed by atoms with van der Waals surface area (Å²) in [4.78, 5) is 27.4. The molecule has 1 aliphatic rings. The summed E-state index contributed by atoms with van der Waals surface area (Å²) < 4.78 is 44.7. The van der Waals surface area contributed by atoms with Crippen molar-refractivity contribution in [1.29, 1.82) is 0 Å². The molecule has 2 unspecified atom stereocenters. The van der Waals surface area contributed by atoms with E-state index in [0.29, 0.717) is 35.7 Å². The van der Waals surface area contributed by atoms with Crippen molar-refractivity contribution >= 4 is 23.4 Å². The van der Waals surface area contributed by atoms with Crippen LogP contribution < -0.4 is 5.32 Å². The maximum atomic E-state index is 13.2. The first-order valence-corrected chi connectivity index (χ1v) is 10.6. The van der Waals surface area contributed by atoms with Gasteiger partial charge in [0.2, 0.25) is 5.91 Å². The molecule has 0 aromatic heterocycles. The maximum Gasteiger partial charge on any atom is 0.416 e. The van der Waals surface area contributed by atoms with Crippen LogP contribution in [0.15, 0.2) is 48.5 Å². The van der Waals surface area contributed by atoms with E-state index in [-0.39, 0.29) is 24.9 Å². The van der Waals surface area contributed by atoms with Crippen molar-refractivity contribution in [3.63, 3.8) is 0 Å². The Balaban J connectivity index is 1.86. The number of carbonyl (C=O) groups excluding carboxylic acids is 2. The minimum atomic E-state index is -4.50. The normalized spacial score (nSPS) is 18.6. The van der Waals surface area contributed by atoms with Gasteiger partial charge in [-0.3, -0.25) is 9.59 Å². The molecule has 5 nitrogen and oxygen atoms in total. The van der Waals surface area contributed by atoms with E-state index in [1.165, 1.54) is 17.0 Å². The van der Waals surface area contributed by atoms with Crippen molar-refractivity contribution in [2.45, 2.75) is 18.5 Å². The number of alkyl halides is 3. The van der Waals surface area contributed by atoms with Crippen LogP contribution in [0, 0.1) is 5.92 Å². The Kier molecular flexibility index (Phi) is 7.79. The minimum Gasteiger partial charge on any atom is -0.385 e. The van der Waals surface area contributed by atoms with E-state index in [1.54, 1.807) is 31.4 Å². The lowest BCUT2D eigenvalue weighted by Crippen LogP contribution is -2.36. The Morgan fingerprint density at radius 2 is 1.91 bits per heavy atom. The van der Waals surface area contributed by atoms with Gasteiger partial charge in [0.05, 0.1) is 11.5 Å². The topological polar surface area (TPSA) is 58.6 Å². The lowest BCUT2D eigenvalue weighted by Gasteiger charge is -2.19. The van der Waals surface area contributed by atoms with E-state index in [4.69, 9.17) is 16.3 Å². The number of likely N-dealkylation sites (tertiary alicyclic amines) is 1. The quantitative estimate of drug-likeness (QED) is 0.614. The first-order chi connectivity index (χ1) is 15.2. The zero-order valence-electron chi connectivity index (χ0n) is 17.5. The minimum absolute atomic E-state index is 0.0996. The zero-order valence-corrected chi connectivity index (χ0v) is 18.2. The van der Waals surface area contributed by atoms with Crippen molar-refractivity contribution in [3.05, 3.63) is 70.2 Å². The van der Waals surface area contributed by atoms with E-state index in [0.717, 1.165) is 12.1 Å². The highest BCUT2D eigenvalue weighted by molar-refractivity contribution is 6.30. The molecule has 0 aliphatic carbocycles. The molecule has 0 saturated carbocycles. The fourth-order valence-electron chi connectivity index (χ4n) is 3.88. The van der Waals surface area contributed by atoms with Crippen molar-refractivity contribution in [2.24, 2.45) is 5.92 Å². The summed E-state index contributed by atoms with van der Waals surface area (Å²) in [6, 6.07) is 11.4. The fourth-order valence-corrected chi connectivity index (χ4v) is 4.07. The number of hydrogen-bond donors (Lipinski definition) is 1. The summed E-state index contributed by atoms with van der Waals surface area (Å²) in [5, 5.41) is 3.21. The highest BCUT2D eigenvalue weighted by atomic mass is 35.5. The molecular formula is C23H24ClF3N2O3. The second-order valence-corrected chi connectivity index (χ2v) is 8.13. The predicted octanol–water partition coefficient (Wildman–Crippen LogP) is 4.37. The number of carbonyl (C=O) groups is 2. The molecule has 2 aromatic rings. The number of nitrogens with one attached hydrogen (secondary N) is 1. The van der Waals surface area contributed by atoms with Gasteiger partial charge in [0, 0.05) is 49.9 Å². The second kappa shape index (κ2) is 10.4. The van der Waals surface area contributed by atoms with Gasteiger partial charge in [0.1, 0.15) is 0 Å². The fraction of sp³-hybridized carbons (Fsp3) is 0.391. The molecule has 9 heteroatoms. The van der Waals surface area contributed by atoms with Gasteiger partial charge >= 0.3 is 6.18 Å². The van der Waals surface area contributed by atoms with Gasteiger partial charge in [-0.25, -0.2) is 0 Å². The van der Waals surface area contributed by atoms with Gasteiger partial charge < -0.3 is 15.0 Å². The lowest BCUT2D eigenvalue weighted by atomic mass is 9.87. The van der Waals surface area contributed by atoms with Crippen LogP contribution in [0.4, 0.5) is 13.2 Å². The standard InChI is InChI=1S/C23H24ClF3N2O3/c1-32-10-4-9-28-21(30)20-14-29(22(31)16-6-3-8-18(24)12-16)13-19(20)15-5-2-7-17(11-15)23(25,26)27/h2-3,5-8,11-12,19-20H,4,9-10,13-14H2,1H3,(H,28,30). The number of amides is 2. The molecule has 2 atom stereocenters. The lowest BCUT2D eigenvalue weighted by molar-refractivity contribution is -0.137. The monoisotopic (exact) mass is 468 g/mol. The smallest absolute Gasteiger partial charge is 0.385 e. The Labute approximate surface area is 189 Å². The number of ether oxygens (including phenoxy) is 1. The molecule has 1 N–H and O–H groups in total. The van der Waals surface area contributed by atoms with Crippen molar-refractivity contribution in [3.8, 4) is 0 Å². The van der Waals surface area contributed by atoms with Gasteiger partial charge in [-0.2, -0.15) is 13.2 Å². The van der Waals surface area contributed by atoms with Crippen LogP contribution in [0.25, 0.3) is 0 Å². The van der Waals surface area contributed by atoms with Crippen molar-refractivity contribution in [1.82, 2.24) is 10.2 Å². The number of methoxy groups -OCH3 is 1. The third-order valence-electron chi connectivity index (χ3n) is 5.48. The first kappa shape index (κ1) is 24.1. The predicted molar refractivity (Wildman–Crippen MR) is 115 cm³/mol. The van der Waals surface area contributed by atoms with Crippen LogP contribution in [0.5, 0.6) is 0 Å². The summed E-state index contributed by atoms with van der Waals surface area (Å²) >= 11 is 5.99. The number of benzene rings is 2. The Bertz CT molecular complexity index is 967. The molecule has 32 heavy (non-hydrogen) atoms. The molecule has 0 spiro atoms. The van der Waals surface area contributed by atoms with Crippen molar-refractivity contribution < 1.29 is 27.5 Å². The Morgan fingerprint density at radius 1 is 1.16 bits per heavy atom. The van der Waals surface area contributed by atoms with Gasteiger partial charge in [-0.1, -0.05) is 35.9 Å². The average Bonchev–Trinajstić information content (AvgIpc) is 3.21. The van der Waals surface area contributed by atoms with Gasteiger partial charge in [-0.05, 0) is 36.2 Å². The summed E-state index contributed by atoms with van der Waals surface area (Å²) in [7, 11) is 1.56. The third-order valence-corrected chi connectivity index (χ3v) is 5.72. The van der Waals surface area contributed by atoms with E-state index < -0.39 is 23.6 Å². The van der Waals surface area contributed by atoms with E-state index in [2.05, 4.69) is 5.32 Å². The number of rotatable bonds is 7. The molecule has 3 rings (SSSR count). The maximum absolute atomic E-state index is 13.2. The zero-order chi connectivity index (χ0) is 23.3. The van der Waals surface area contributed by atoms with Gasteiger partial charge in [0.15, 0.2) is 0 Å². The third kappa shape index (κ3) is 5.81. The van der Waals surface area contributed by atoms with Crippen molar-refractivity contribution in [2.75, 3.05) is 33.4 Å². The molecule has 2 amide bonds. The number of nitrogens with zero attached hydrogens (tertiary/aromatic N) is 1. The van der Waals surface area contributed by atoms with Crippen LogP contribution in [-0.2, 0) is 15.7 Å². The average molecular weight is 469 g/mol. The highest BCUT2D eigenvalue weighted by Crippen LogP contribution is 2.37.